The zero-order valence-electron chi connectivity index (χ0n) is 12.8. The molecule has 0 atom stereocenters. The second-order valence-corrected chi connectivity index (χ2v) is 7.83. The van der Waals surface area contributed by atoms with Crippen molar-refractivity contribution in [2.45, 2.75) is 64.3 Å². The maximum atomic E-state index is 12.9. The van der Waals surface area contributed by atoms with Crippen LogP contribution in [0.5, 0.6) is 0 Å². The Morgan fingerprint density at radius 2 is 1.55 bits per heavy atom. The largest absolute Gasteiger partial charge is 0.349 e. The molecule has 4 aliphatic carbocycles. The van der Waals surface area contributed by atoms with Crippen LogP contribution in [0.1, 0.15) is 58.8 Å². The fraction of sp³-hybridized carbons (Fsp3) is 0.941. The number of hydrogen-bond acceptors (Lipinski definition) is 1. The highest BCUT2D eigenvalue weighted by atomic mass is 35.5. The van der Waals surface area contributed by atoms with E-state index in [-0.39, 0.29) is 11.5 Å². The normalized spacial score (nSPS) is 39.0. The van der Waals surface area contributed by atoms with E-state index < -0.39 is 0 Å². The molecule has 4 aliphatic rings. The van der Waals surface area contributed by atoms with Crippen molar-refractivity contribution in [2.24, 2.45) is 29.6 Å². The Labute approximate surface area is 128 Å². The summed E-state index contributed by atoms with van der Waals surface area (Å²) in [6, 6.07) is 0. The van der Waals surface area contributed by atoms with Crippen LogP contribution >= 0.6 is 11.6 Å². The molecule has 2 nitrogen and oxygen atoms in total. The summed E-state index contributed by atoms with van der Waals surface area (Å²) in [7, 11) is 0. The molecule has 0 aliphatic heterocycles. The van der Waals surface area contributed by atoms with Crippen molar-refractivity contribution >= 4 is 17.5 Å². The summed E-state index contributed by atoms with van der Waals surface area (Å²) in [6.07, 6.45) is 8.50. The molecule has 0 saturated heterocycles. The predicted molar refractivity (Wildman–Crippen MR) is 82.7 cm³/mol. The van der Waals surface area contributed by atoms with E-state index in [9.17, 15) is 4.79 Å². The van der Waals surface area contributed by atoms with Crippen molar-refractivity contribution < 1.29 is 4.79 Å². The molecule has 0 aromatic rings. The van der Waals surface area contributed by atoms with E-state index in [1.807, 2.05) is 0 Å². The Hall–Kier alpha value is -0.240. The average Bonchev–Trinajstić information content (AvgIpc) is 2.44. The highest BCUT2D eigenvalue weighted by Crippen LogP contribution is 2.56. The summed E-state index contributed by atoms with van der Waals surface area (Å²) in [5.41, 5.74) is -0.187. The number of amides is 1. The van der Waals surface area contributed by atoms with Crippen LogP contribution in [-0.2, 0) is 4.79 Å². The van der Waals surface area contributed by atoms with Gasteiger partial charge in [-0.05, 0) is 68.6 Å². The van der Waals surface area contributed by atoms with Crippen molar-refractivity contribution in [1.82, 2.24) is 5.32 Å². The molecule has 4 fully saturated rings. The number of alkyl halides is 1. The van der Waals surface area contributed by atoms with E-state index in [2.05, 4.69) is 19.2 Å². The third-order valence-corrected chi connectivity index (χ3v) is 7.04. The van der Waals surface area contributed by atoms with Gasteiger partial charge in [-0.3, -0.25) is 4.79 Å². The van der Waals surface area contributed by atoms with Gasteiger partial charge in [0.2, 0.25) is 5.91 Å². The highest BCUT2D eigenvalue weighted by molar-refractivity contribution is 6.18. The standard InChI is InChI=1S/C17H28ClNO/c1-3-17(4-2,10-18)19-16(20)15-13-6-11-5-12(8-13)9-14(15)7-11/h11-15H,3-10H2,1-2H3,(H,19,20). The maximum Gasteiger partial charge on any atom is 0.224 e. The van der Waals surface area contributed by atoms with Gasteiger partial charge in [-0.2, -0.15) is 0 Å². The Balaban J connectivity index is 1.71. The van der Waals surface area contributed by atoms with E-state index >= 15 is 0 Å². The van der Waals surface area contributed by atoms with Crippen LogP contribution in [0.4, 0.5) is 0 Å². The topological polar surface area (TPSA) is 29.1 Å². The summed E-state index contributed by atoms with van der Waals surface area (Å²) in [4.78, 5) is 12.9. The van der Waals surface area contributed by atoms with Crippen LogP contribution in [0.3, 0.4) is 0 Å². The molecule has 1 amide bonds. The van der Waals surface area contributed by atoms with E-state index in [1.54, 1.807) is 0 Å². The SMILES string of the molecule is CCC(CC)(CCl)NC(=O)C1C2CC3CC(C2)CC1C3. The summed E-state index contributed by atoms with van der Waals surface area (Å²) in [6.45, 7) is 4.26. The fourth-order valence-electron chi connectivity index (χ4n) is 5.35. The predicted octanol–water partition coefficient (Wildman–Crippen LogP) is 3.97. The number of halogens is 1. The summed E-state index contributed by atoms with van der Waals surface area (Å²) in [5.74, 6) is 4.29. The Morgan fingerprint density at radius 1 is 1.05 bits per heavy atom. The lowest BCUT2D eigenvalue weighted by Gasteiger charge is -2.54. The van der Waals surface area contributed by atoms with Gasteiger partial charge in [0.25, 0.3) is 0 Å². The van der Waals surface area contributed by atoms with Gasteiger partial charge in [0.1, 0.15) is 0 Å². The summed E-state index contributed by atoms with van der Waals surface area (Å²) >= 11 is 6.14. The quantitative estimate of drug-likeness (QED) is 0.764. The average molecular weight is 298 g/mol. The Kier molecular flexibility index (Phi) is 4.05. The van der Waals surface area contributed by atoms with E-state index in [4.69, 9.17) is 11.6 Å². The van der Waals surface area contributed by atoms with Gasteiger partial charge in [-0.1, -0.05) is 13.8 Å². The van der Waals surface area contributed by atoms with Gasteiger partial charge < -0.3 is 5.32 Å². The van der Waals surface area contributed by atoms with Crippen molar-refractivity contribution in [3.05, 3.63) is 0 Å². The van der Waals surface area contributed by atoms with Crippen molar-refractivity contribution in [1.29, 1.82) is 0 Å². The lowest BCUT2D eigenvalue weighted by Crippen LogP contribution is -2.56. The first-order valence-corrected chi connectivity index (χ1v) is 9.02. The third kappa shape index (κ3) is 2.38. The van der Waals surface area contributed by atoms with Gasteiger partial charge in [-0.25, -0.2) is 0 Å². The number of carbonyl (C=O) groups is 1. The lowest BCUT2D eigenvalue weighted by molar-refractivity contribution is -0.140. The monoisotopic (exact) mass is 297 g/mol. The van der Waals surface area contributed by atoms with Crippen molar-refractivity contribution in [2.75, 3.05) is 5.88 Å². The third-order valence-electron chi connectivity index (χ3n) is 6.53. The fourth-order valence-corrected chi connectivity index (χ4v) is 5.79. The molecular formula is C17H28ClNO. The van der Waals surface area contributed by atoms with Crippen LogP contribution in [0.15, 0.2) is 0 Å². The zero-order chi connectivity index (χ0) is 14.3. The van der Waals surface area contributed by atoms with Crippen molar-refractivity contribution in [3.63, 3.8) is 0 Å². The smallest absolute Gasteiger partial charge is 0.224 e. The summed E-state index contributed by atoms with van der Waals surface area (Å²) < 4.78 is 0. The molecule has 1 N–H and O–H groups in total. The van der Waals surface area contributed by atoms with E-state index in [0.717, 1.165) is 24.7 Å². The lowest BCUT2D eigenvalue weighted by atomic mass is 9.51. The zero-order valence-corrected chi connectivity index (χ0v) is 13.6. The molecular weight excluding hydrogens is 270 g/mol. The number of hydrogen-bond donors (Lipinski definition) is 1. The van der Waals surface area contributed by atoms with Crippen LogP contribution in [0.2, 0.25) is 0 Å². The molecule has 4 rings (SSSR count). The molecule has 4 bridgehead atoms. The molecule has 4 saturated carbocycles. The highest BCUT2D eigenvalue weighted by Gasteiger charge is 2.51. The minimum absolute atomic E-state index is 0.187. The molecule has 114 valence electrons. The van der Waals surface area contributed by atoms with E-state index in [1.165, 1.54) is 32.1 Å². The summed E-state index contributed by atoms with van der Waals surface area (Å²) in [5, 5.41) is 3.34. The minimum atomic E-state index is -0.187. The molecule has 0 aromatic carbocycles. The number of carbonyl (C=O) groups excluding carboxylic acids is 1. The molecule has 0 aromatic heterocycles. The second-order valence-electron chi connectivity index (χ2n) is 7.57. The first kappa shape index (κ1) is 14.7. The molecule has 0 radical (unpaired) electrons. The second kappa shape index (κ2) is 5.51. The minimum Gasteiger partial charge on any atom is -0.349 e. The van der Waals surface area contributed by atoms with Crippen LogP contribution in [0.25, 0.3) is 0 Å². The van der Waals surface area contributed by atoms with Crippen molar-refractivity contribution in [3.8, 4) is 0 Å². The maximum absolute atomic E-state index is 12.9. The van der Waals surface area contributed by atoms with Crippen LogP contribution in [-0.4, -0.2) is 17.3 Å². The molecule has 3 heteroatoms. The molecule has 0 spiro atoms. The van der Waals surface area contributed by atoms with Crippen LogP contribution < -0.4 is 5.32 Å². The van der Waals surface area contributed by atoms with Gasteiger partial charge in [0.05, 0.1) is 5.54 Å². The number of nitrogens with one attached hydrogen (secondary N) is 1. The van der Waals surface area contributed by atoms with Gasteiger partial charge in [0, 0.05) is 11.8 Å². The van der Waals surface area contributed by atoms with Gasteiger partial charge in [0.15, 0.2) is 0 Å². The molecule has 20 heavy (non-hydrogen) atoms. The molecule has 0 unspecified atom stereocenters. The number of rotatable bonds is 5. The van der Waals surface area contributed by atoms with E-state index in [0.29, 0.717) is 23.6 Å². The van der Waals surface area contributed by atoms with Gasteiger partial charge >= 0.3 is 0 Å². The molecule has 0 heterocycles. The first-order chi connectivity index (χ1) is 9.60. The Morgan fingerprint density at radius 3 is 1.95 bits per heavy atom. The Bertz CT molecular complexity index is 341. The van der Waals surface area contributed by atoms with Crippen LogP contribution in [0, 0.1) is 29.6 Å². The van der Waals surface area contributed by atoms with Gasteiger partial charge in [-0.15, -0.1) is 11.6 Å². The first-order valence-electron chi connectivity index (χ1n) is 8.48.